The predicted octanol–water partition coefficient (Wildman–Crippen LogP) is 3.68. The Morgan fingerprint density at radius 2 is 1.76 bits per heavy atom. The minimum atomic E-state index is -1.07. The summed E-state index contributed by atoms with van der Waals surface area (Å²) in [5.74, 6) is -0.753. The number of nitro benzene ring substituents is 1. The maximum absolute atomic E-state index is 13.0. The monoisotopic (exact) mass is 448 g/mol. The van der Waals surface area contributed by atoms with Crippen molar-refractivity contribution in [1.82, 2.24) is 5.32 Å². The second-order valence-corrected chi connectivity index (χ2v) is 7.25. The van der Waals surface area contributed by atoms with Crippen molar-refractivity contribution in [2.24, 2.45) is 0 Å². The van der Waals surface area contributed by atoms with Crippen LogP contribution < -0.4 is 10.1 Å². The number of hydrogen-bond donors (Lipinski definition) is 1. The van der Waals surface area contributed by atoms with E-state index in [4.69, 9.17) is 14.2 Å². The maximum atomic E-state index is 13.0. The second-order valence-electron chi connectivity index (χ2n) is 7.25. The number of nitrogens with one attached hydrogen (secondary N) is 1. The molecule has 1 heterocycles. The molecule has 1 amide bonds. The van der Waals surface area contributed by atoms with Crippen LogP contribution in [0, 0.1) is 10.1 Å². The highest BCUT2D eigenvalue weighted by atomic mass is 16.7. The third-order valence-electron chi connectivity index (χ3n) is 5.03. The third-order valence-corrected chi connectivity index (χ3v) is 5.03. The summed E-state index contributed by atoms with van der Waals surface area (Å²) in [5.41, 5.74) is 1.62. The van der Waals surface area contributed by atoms with Crippen LogP contribution in [0.25, 0.3) is 0 Å². The van der Waals surface area contributed by atoms with Gasteiger partial charge in [-0.3, -0.25) is 14.9 Å². The first-order valence-electron chi connectivity index (χ1n) is 10.1. The van der Waals surface area contributed by atoms with E-state index in [9.17, 15) is 19.7 Å². The van der Waals surface area contributed by atoms with E-state index in [1.54, 1.807) is 60.7 Å². The van der Waals surface area contributed by atoms with Gasteiger partial charge < -0.3 is 19.5 Å². The number of non-ortho nitro benzene ring substituents is 1. The van der Waals surface area contributed by atoms with E-state index in [0.717, 1.165) is 0 Å². The van der Waals surface area contributed by atoms with Crippen LogP contribution in [0.2, 0.25) is 0 Å². The van der Waals surface area contributed by atoms with Gasteiger partial charge in [-0.05, 0) is 17.7 Å². The predicted molar refractivity (Wildman–Crippen MR) is 116 cm³/mol. The lowest BCUT2D eigenvalue weighted by Crippen LogP contribution is -2.35. The minimum Gasteiger partial charge on any atom is -0.467 e. The fourth-order valence-corrected chi connectivity index (χ4v) is 3.45. The van der Waals surface area contributed by atoms with Crippen LogP contribution in [0.1, 0.15) is 33.1 Å². The van der Waals surface area contributed by atoms with Gasteiger partial charge in [-0.2, -0.15) is 0 Å². The first-order chi connectivity index (χ1) is 16.0. The molecule has 3 aromatic rings. The number of rotatable bonds is 7. The topological polar surface area (TPSA) is 117 Å². The summed E-state index contributed by atoms with van der Waals surface area (Å²) < 4.78 is 16.2. The van der Waals surface area contributed by atoms with Gasteiger partial charge in [-0.15, -0.1) is 0 Å². The van der Waals surface area contributed by atoms with Crippen molar-refractivity contribution in [1.29, 1.82) is 0 Å². The van der Waals surface area contributed by atoms with Gasteiger partial charge in [-0.1, -0.05) is 48.5 Å². The molecular formula is C24H20N2O7. The molecule has 0 bridgehead atoms. The zero-order valence-corrected chi connectivity index (χ0v) is 17.4. The fourth-order valence-electron chi connectivity index (χ4n) is 3.45. The average Bonchev–Trinajstić information content (AvgIpc) is 2.86. The van der Waals surface area contributed by atoms with E-state index in [1.807, 2.05) is 0 Å². The van der Waals surface area contributed by atoms with E-state index in [-0.39, 0.29) is 25.7 Å². The van der Waals surface area contributed by atoms with Gasteiger partial charge in [0.15, 0.2) is 12.8 Å². The average molecular weight is 448 g/mol. The summed E-state index contributed by atoms with van der Waals surface area (Å²) in [6.45, 7) is -0.128. The normalized spacial score (nSPS) is 13.2. The van der Waals surface area contributed by atoms with Crippen molar-refractivity contribution in [3.63, 3.8) is 0 Å². The van der Waals surface area contributed by atoms with Crippen LogP contribution in [0.3, 0.4) is 0 Å². The molecule has 1 aliphatic heterocycles. The summed E-state index contributed by atoms with van der Waals surface area (Å²) >= 11 is 0. The highest BCUT2D eigenvalue weighted by molar-refractivity contribution is 5.97. The summed E-state index contributed by atoms with van der Waals surface area (Å²) in [6, 6.07) is 18.8. The summed E-state index contributed by atoms with van der Waals surface area (Å²) in [7, 11) is 0. The maximum Gasteiger partial charge on any atom is 0.333 e. The van der Waals surface area contributed by atoms with E-state index in [1.165, 1.54) is 12.1 Å². The lowest BCUT2D eigenvalue weighted by Gasteiger charge is -2.22. The molecule has 1 aliphatic rings. The zero-order chi connectivity index (χ0) is 23.2. The first-order valence-corrected chi connectivity index (χ1v) is 10.1. The molecule has 0 spiro atoms. The van der Waals surface area contributed by atoms with Crippen LogP contribution in [0.15, 0.2) is 72.8 Å². The largest absolute Gasteiger partial charge is 0.467 e. The van der Waals surface area contributed by atoms with Gasteiger partial charge in [0.25, 0.3) is 11.6 Å². The van der Waals surface area contributed by atoms with Gasteiger partial charge in [-0.25, -0.2) is 4.79 Å². The van der Waals surface area contributed by atoms with Gasteiger partial charge >= 0.3 is 5.97 Å². The van der Waals surface area contributed by atoms with Crippen molar-refractivity contribution in [3.8, 4) is 5.75 Å². The Balaban J connectivity index is 1.56. The summed E-state index contributed by atoms with van der Waals surface area (Å²) in [6.07, 6.45) is 0. The lowest BCUT2D eigenvalue weighted by molar-refractivity contribution is -0.385. The number of esters is 1. The first kappa shape index (κ1) is 22.0. The Bertz CT molecular complexity index is 1170. The molecule has 4 rings (SSSR count). The van der Waals surface area contributed by atoms with Gasteiger partial charge in [0.2, 0.25) is 0 Å². The van der Waals surface area contributed by atoms with E-state index >= 15 is 0 Å². The molecule has 0 saturated heterocycles. The molecule has 0 fully saturated rings. The molecule has 0 aliphatic carbocycles. The molecule has 9 heteroatoms. The smallest absolute Gasteiger partial charge is 0.333 e. The number of carbonyl (C=O) groups is 2. The van der Waals surface area contributed by atoms with Crippen molar-refractivity contribution in [3.05, 3.63) is 105 Å². The molecule has 9 nitrogen and oxygen atoms in total. The highest BCUT2D eigenvalue weighted by Gasteiger charge is 2.27. The number of nitrogens with zero attached hydrogens (tertiary/aromatic N) is 1. The number of fused-ring (bicyclic) bond motifs is 1. The van der Waals surface area contributed by atoms with Crippen molar-refractivity contribution < 1.29 is 28.7 Å². The molecule has 1 N–H and O–H groups in total. The molecular weight excluding hydrogens is 428 g/mol. The molecule has 168 valence electrons. The Morgan fingerprint density at radius 1 is 1.06 bits per heavy atom. The van der Waals surface area contributed by atoms with Gasteiger partial charge in [0, 0.05) is 28.8 Å². The molecule has 0 saturated carbocycles. The van der Waals surface area contributed by atoms with Crippen LogP contribution in [0.4, 0.5) is 5.69 Å². The van der Waals surface area contributed by atoms with Gasteiger partial charge in [0.05, 0.1) is 11.5 Å². The van der Waals surface area contributed by atoms with Gasteiger partial charge in [0.1, 0.15) is 12.4 Å². The van der Waals surface area contributed by atoms with E-state index in [2.05, 4.69) is 5.32 Å². The van der Waals surface area contributed by atoms with Crippen molar-refractivity contribution >= 4 is 17.6 Å². The summed E-state index contributed by atoms with van der Waals surface area (Å²) in [5, 5.41) is 14.0. The lowest BCUT2D eigenvalue weighted by atomic mass is 10.1. The van der Waals surface area contributed by atoms with Crippen LogP contribution in [0.5, 0.6) is 5.75 Å². The van der Waals surface area contributed by atoms with Crippen LogP contribution in [-0.4, -0.2) is 23.6 Å². The molecule has 3 aromatic carbocycles. The standard InChI is InChI=1S/C24H20N2O7/c27-23(17-9-5-2-6-10-17)25-21(16-7-3-1-4-8-16)24(28)32-14-19-12-20(26(29)30)11-18-13-31-15-33-22(18)19/h1-12,21H,13-15H2,(H,25,27). The SMILES string of the molecule is O=C(NC(C(=O)OCc1cc([N+](=O)[O-])cc2c1OCOC2)c1ccccc1)c1ccccc1. The van der Waals surface area contributed by atoms with E-state index < -0.39 is 22.8 Å². The molecule has 1 unspecified atom stereocenters. The molecule has 0 aromatic heterocycles. The molecule has 0 radical (unpaired) electrons. The molecule has 33 heavy (non-hydrogen) atoms. The number of hydrogen-bond acceptors (Lipinski definition) is 7. The second kappa shape index (κ2) is 9.92. The van der Waals surface area contributed by atoms with Crippen molar-refractivity contribution in [2.45, 2.75) is 19.3 Å². The quantitative estimate of drug-likeness (QED) is 0.333. The van der Waals surface area contributed by atoms with E-state index in [0.29, 0.717) is 28.0 Å². The number of carbonyl (C=O) groups excluding carboxylic acids is 2. The minimum absolute atomic E-state index is 0.00840. The Morgan fingerprint density at radius 3 is 2.45 bits per heavy atom. The summed E-state index contributed by atoms with van der Waals surface area (Å²) in [4.78, 5) is 36.5. The zero-order valence-electron chi connectivity index (χ0n) is 17.4. The third kappa shape index (κ3) is 5.16. The van der Waals surface area contributed by atoms with Crippen molar-refractivity contribution in [2.75, 3.05) is 6.79 Å². The Kier molecular flexibility index (Phi) is 6.61. The number of amides is 1. The Labute approximate surface area is 189 Å². The molecule has 1 atom stereocenters. The highest BCUT2D eigenvalue weighted by Crippen LogP contribution is 2.33. The fraction of sp³-hybridized carbons (Fsp3) is 0.167. The van der Waals surface area contributed by atoms with Crippen LogP contribution >= 0.6 is 0 Å². The van der Waals surface area contributed by atoms with Crippen LogP contribution in [-0.2, 0) is 27.5 Å². The Hall–Kier alpha value is -4.24. The number of nitro groups is 1. The number of ether oxygens (including phenoxy) is 3. The number of benzene rings is 3.